The number of benzene rings is 1. The summed E-state index contributed by atoms with van der Waals surface area (Å²) >= 11 is 4.99. The smallest absolute Gasteiger partial charge is 0.104 e. The van der Waals surface area contributed by atoms with Gasteiger partial charge in [0.1, 0.15) is 4.99 Å². The van der Waals surface area contributed by atoms with E-state index < -0.39 is 0 Å². The van der Waals surface area contributed by atoms with Gasteiger partial charge in [-0.25, -0.2) is 0 Å². The van der Waals surface area contributed by atoms with Gasteiger partial charge in [-0.05, 0) is 49.2 Å². The Morgan fingerprint density at radius 1 is 1.17 bits per heavy atom. The highest BCUT2D eigenvalue weighted by Gasteiger charge is 2.03. The maximum absolute atomic E-state index is 5.64. The number of aromatic nitrogens is 1. The first kappa shape index (κ1) is 12.5. The molecule has 0 aliphatic rings. The van der Waals surface area contributed by atoms with Gasteiger partial charge in [-0.1, -0.05) is 12.2 Å². The molecule has 0 unspecified atom stereocenters. The van der Waals surface area contributed by atoms with Gasteiger partial charge in [0, 0.05) is 17.4 Å². The van der Waals surface area contributed by atoms with E-state index >= 15 is 0 Å². The molecular formula is C14H15N3S. The molecule has 2 aromatic rings. The third-order valence-electron chi connectivity index (χ3n) is 2.66. The van der Waals surface area contributed by atoms with Crippen LogP contribution in [0.1, 0.15) is 16.7 Å². The van der Waals surface area contributed by atoms with E-state index in [1.54, 1.807) is 6.20 Å². The number of nitrogens with zero attached hydrogens (tertiary/aromatic N) is 1. The average Bonchev–Trinajstić information content (AvgIpc) is 2.28. The molecule has 0 spiro atoms. The summed E-state index contributed by atoms with van der Waals surface area (Å²) < 4.78 is 0. The molecule has 1 aromatic carbocycles. The maximum Gasteiger partial charge on any atom is 0.104 e. The molecule has 0 radical (unpaired) electrons. The normalized spacial score (nSPS) is 10.1. The number of nitrogens with two attached hydrogens (primary N) is 1. The van der Waals surface area contributed by atoms with Crippen LogP contribution in [0.25, 0.3) is 0 Å². The highest BCUT2D eigenvalue weighted by molar-refractivity contribution is 7.80. The molecule has 18 heavy (non-hydrogen) atoms. The van der Waals surface area contributed by atoms with E-state index in [2.05, 4.69) is 10.3 Å². The summed E-state index contributed by atoms with van der Waals surface area (Å²) in [7, 11) is 0. The van der Waals surface area contributed by atoms with Crippen molar-refractivity contribution in [2.75, 3.05) is 5.32 Å². The van der Waals surface area contributed by atoms with Crippen molar-refractivity contribution in [1.82, 2.24) is 4.98 Å². The van der Waals surface area contributed by atoms with Crippen LogP contribution in [0.2, 0.25) is 0 Å². The number of hydrogen-bond donors (Lipinski definition) is 2. The third-order valence-corrected chi connectivity index (χ3v) is 2.88. The second kappa shape index (κ2) is 5.14. The molecule has 0 atom stereocenters. The molecule has 92 valence electrons. The van der Waals surface area contributed by atoms with Crippen molar-refractivity contribution in [2.24, 2.45) is 5.73 Å². The van der Waals surface area contributed by atoms with Crippen LogP contribution in [0.3, 0.4) is 0 Å². The predicted octanol–water partition coefficient (Wildman–Crippen LogP) is 3.08. The summed E-state index contributed by atoms with van der Waals surface area (Å²) in [4.78, 5) is 4.57. The SMILES string of the molecule is Cc1cncc(Nc2ccc(C(N)=S)c(C)c2)c1. The van der Waals surface area contributed by atoms with E-state index in [1.807, 2.05) is 44.3 Å². The van der Waals surface area contributed by atoms with Crippen molar-refractivity contribution >= 4 is 28.6 Å². The Labute approximate surface area is 112 Å². The number of hydrogen-bond acceptors (Lipinski definition) is 3. The van der Waals surface area contributed by atoms with Gasteiger partial charge in [0.05, 0.1) is 11.9 Å². The van der Waals surface area contributed by atoms with Crippen molar-refractivity contribution < 1.29 is 0 Å². The molecule has 3 N–H and O–H groups in total. The summed E-state index contributed by atoms with van der Waals surface area (Å²) in [5.74, 6) is 0. The van der Waals surface area contributed by atoms with Gasteiger partial charge >= 0.3 is 0 Å². The molecule has 0 amide bonds. The Balaban J connectivity index is 2.25. The minimum Gasteiger partial charge on any atom is -0.389 e. The van der Waals surface area contributed by atoms with Gasteiger partial charge in [-0.3, -0.25) is 4.98 Å². The number of nitrogens with one attached hydrogen (secondary N) is 1. The topological polar surface area (TPSA) is 50.9 Å². The largest absolute Gasteiger partial charge is 0.389 e. The first-order chi connectivity index (χ1) is 8.56. The zero-order valence-electron chi connectivity index (χ0n) is 10.4. The number of anilines is 2. The zero-order chi connectivity index (χ0) is 13.1. The Bertz CT molecular complexity index is 593. The van der Waals surface area contributed by atoms with E-state index in [1.165, 1.54) is 0 Å². The summed E-state index contributed by atoms with van der Waals surface area (Å²) in [6.07, 6.45) is 3.62. The lowest BCUT2D eigenvalue weighted by atomic mass is 10.1. The molecule has 1 heterocycles. The van der Waals surface area contributed by atoms with Crippen molar-refractivity contribution in [3.05, 3.63) is 53.3 Å². The molecule has 0 saturated heterocycles. The Kier molecular flexibility index (Phi) is 3.58. The Hall–Kier alpha value is -1.94. The second-order valence-electron chi connectivity index (χ2n) is 4.27. The van der Waals surface area contributed by atoms with E-state index in [-0.39, 0.29) is 0 Å². The van der Waals surface area contributed by atoms with E-state index in [4.69, 9.17) is 18.0 Å². The van der Waals surface area contributed by atoms with Crippen molar-refractivity contribution in [3.8, 4) is 0 Å². The van der Waals surface area contributed by atoms with Crippen LogP contribution in [-0.2, 0) is 0 Å². The molecule has 4 heteroatoms. The van der Waals surface area contributed by atoms with Gasteiger partial charge in [0.25, 0.3) is 0 Å². The Morgan fingerprint density at radius 2 is 1.94 bits per heavy atom. The van der Waals surface area contributed by atoms with Gasteiger partial charge < -0.3 is 11.1 Å². The number of aryl methyl sites for hydroxylation is 2. The minimum atomic E-state index is 0.427. The van der Waals surface area contributed by atoms with Gasteiger partial charge in [-0.2, -0.15) is 0 Å². The summed E-state index contributed by atoms with van der Waals surface area (Å²) in [6.45, 7) is 4.01. The second-order valence-corrected chi connectivity index (χ2v) is 4.71. The predicted molar refractivity (Wildman–Crippen MR) is 79.3 cm³/mol. The first-order valence-corrected chi connectivity index (χ1v) is 6.06. The molecule has 0 aliphatic carbocycles. The maximum atomic E-state index is 5.64. The highest BCUT2D eigenvalue weighted by atomic mass is 32.1. The molecule has 3 nitrogen and oxygen atoms in total. The van der Waals surface area contributed by atoms with Crippen molar-refractivity contribution in [1.29, 1.82) is 0 Å². The van der Waals surface area contributed by atoms with Crippen LogP contribution < -0.4 is 11.1 Å². The lowest BCUT2D eigenvalue weighted by molar-refractivity contribution is 1.26. The van der Waals surface area contributed by atoms with E-state index in [0.717, 1.165) is 28.1 Å². The zero-order valence-corrected chi connectivity index (χ0v) is 11.2. The standard InChI is InChI=1S/C14H15N3S/c1-9-5-12(8-16-7-9)17-11-3-4-13(14(15)18)10(2)6-11/h3-8,17H,1-2H3,(H2,15,18). The number of rotatable bonds is 3. The molecule has 0 bridgehead atoms. The van der Waals surface area contributed by atoms with Crippen molar-refractivity contribution in [2.45, 2.75) is 13.8 Å². The highest BCUT2D eigenvalue weighted by Crippen LogP contribution is 2.20. The summed E-state index contributed by atoms with van der Waals surface area (Å²) in [5, 5.41) is 3.31. The molecular weight excluding hydrogens is 242 g/mol. The lowest BCUT2D eigenvalue weighted by Gasteiger charge is -2.10. The average molecular weight is 257 g/mol. The first-order valence-electron chi connectivity index (χ1n) is 5.65. The van der Waals surface area contributed by atoms with Crippen LogP contribution in [0, 0.1) is 13.8 Å². The lowest BCUT2D eigenvalue weighted by Crippen LogP contribution is -2.11. The van der Waals surface area contributed by atoms with Crippen LogP contribution in [0.15, 0.2) is 36.7 Å². The molecule has 1 aromatic heterocycles. The van der Waals surface area contributed by atoms with Gasteiger partial charge in [-0.15, -0.1) is 0 Å². The molecule has 2 rings (SSSR count). The van der Waals surface area contributed by atoms with Crippen LogP contribution in [0.5, 0.6) is 0 Å². The fraction of sp³-hybridized carbons (Fsp3) is 0.143. The minimum absolute atomic E-state index is 0.427. The number of thiocarbonyl (C=S) groups is 1. The van der Waals surface area contributed by atoms with Crippen LogP contribution >= 0.6 is 12.2 Å². The van der Waals surface area contributed by atoms with Crippen molar-refractivity contribution in [3.63, 3.8) is 0 Å². The third kappa shape index (κ3) is 2.84. The van der Waals surface area contributed by atoms with Gasteiger partial charge in [0.2, 0.25) is 0 Å². The van der Waals surface area contributed by atoms with E-state index in [9.17, 15) is 0 Å². The summed E-state index contributed by atoms with van der Waals surface area (Å²) in [5.41, 5.74) is 10.7. The van der Waals surface area contributed by atoms with Crippen LogP contribution in [-0.4, -0.2) is 9.97 Å². The number of pyridine rings is 1. The fourth-order valence-corrected chi connectivity index (χ4v) is 2.04. The molecule has 0 aliphatic heterocycles. The fourth-order valence-electron chi connectivity index (χ4n) is 1.81. The van der Waals surface area contributed by atoms with E-state index in [0.29, 0.717) is 4.99 Å². The molecule has 0 fully saturated rings. The Morgan fingerprint density at radius 3 is 2.56 bits per heavy atom. The monoisotopic (exact) mass is 257 g/mol. The quantitative estimate of drug-likeness (QED) is 0.830. The molecule has 0 saturated carbocycles. The van der Waals surface area contributed by atoms with Crippen LogP contribution in [0.4, 0.5) is 11.4 Å². The van der Waals surface area contributed by atoms with Gasteiger partial charge in [0.15, 0.2) is 0 Å². The summed E-state index contributed by atoms with van der Waals surface area (Å²) in [6, 6.07) is 7.97.